The Kier molecular flexibility index (Phi) is 4.75. The van der Waals surface area contributed by atoms with Crippen LogP contribution in [-0.2, 0) is 10.1 Å². The predicted octanol–water partition coefficient (Wildman–Crippen LogP) is 3.26. The van der Waals surface area contributed by atoms with Crippen molar-refractivity contribution in [1.29, 1.82) is 0 Å². The molecule has 0 fully saturated rings. The van der Waals surface area contributed by atoms with Gasteiger partial charge in [0.2, 0.25) is 0 Å². The summed E-state index contributed by atoms with van der Waals surface area (Å²) in [5, 5.41) is 24.1. The fraction of sp³-hybridized carbons (Fsp3) is 0.0556. The lowest BCUT2D eigenvalue weighted by molar-refractivity contribution is -0.385. The maximum atomic E-state index is 12.6. The van der Waals surface area contributed by atoms with Crippen molar-refractivity contribution in [2.75, 3.05) is 5.32 Å². The quantitative estimate of drug-likeness (QED) is 0.263. The average Bonchev–Trinajstić information content (AvgIpc) is 2.63. The lowest BCUT2D eigenvalue weighted by Gasteiger charge is -2.13. The molecule has 0 unspecified atom stereocenters. The number of nitrogens with one attached hydrogen (secondary N) is 1. The minimum absolute atomic E-state index is 0.00857. The number of hydrogen-bond acceptors (Lipinski definition) is 6. The molecule has 0 heterocycles. The molecule has 0 spiro atoms. The number of hydrogen-bond donors (Lipinski definition) is 3. The summed E-state index contributed by atoms with van der Waals surface area (Å²) in [5.41, 5.74) is 0.143. The number of nitro benzene ring substituents is 1. The molecule has 3 aromatic rings. The molecule has 0 aliphatic carbocycles. The highest BCUT2D eigenvalue weighted by Crippen LogP contribution is 2.37. The van der Waals surface area contributed by atoms with Crippen molar-refractivity contribution in [1.82, 2.24) is 0 Å². The Labute approximate surface area is 159 Å². The lowest BCUT2D eigenvalue weighted by Crippen LogP contribution is -2.13. The van der Waals surface area contributed by atoms with Gasteiger partial charge in [0.25, 0.3) is 21.7 Å². The van der Waals surface area contributed by atoms with E-state index >= 15 is 0 Å². The van der Waals surface area contributed by atoms with E-state index in [9.17, 15) is 33.0 Å². The number of aromatic hydroxyl groups is 1. The molecule has 0 aliphatic heterocycles. The number of phenolic OH excluding ortho intramolecular Hbond substituents is 1. The summed E-state index contributed by atoms with van der Waals surface area (Å²) in [4.78, 5) is 22.3. The van der Waals surface area contributed by atoms with Crippen LogP contribution in [0, 0.1) is 17.0 Å². The molecule has 0 radical (unpaired) electrons. The molecular formula is C18H14N2O7S. The molecular weight excluding hydrogens is 388 g/mol. The van der Waals surface area contributed by atoms with E-state index in [0.29, 0.717) is 10.9 Å². The second-order valence-corrected chi connectivity index (χ2v) is 7.39. The Morgan fingerprint density at radius 3 is 2.36 bits per heavy atom. The van der Waals surface area contributed by atoms with E-state index < -0.39 is 31.6 Å². The molecule has 0 saturated carbocycles. The second-order valence-electron chi connectivity index (χ2n) is 6.00. The van der Waals surface area contributed by atoms with Crippen molar-refractivity contribution in [3.63, 3.8) is 0 Å². The van der Waals surface area contributed by atoms with E-state index in [-0.39, 0.29) is 22.3 Å². The summed E-state index contributed by atoms with van der Waals surface area (Å²) < 4.78 is 32.5. The maximum absolute atomic E-state index is 12.6. The normalized spacial score (nSPS) is 11.4. The summed E-state index contributed by atoms with van der Waals surface area (Å²) in [5.74, 6) is -1.37. The fourth-order valence-electron chi connectivity index (χ4n) is 2.78. The Morgan fingerprint density at radius 2 is 1.75 bits per heavy atom. The standard InChI is InChI=1S/C18H14N2O7S/c1-10-6-7-11(8-15(10)20(23)24)18(22)19-14-9-16(28(25,26)27)17(21)13-5-3-2-4-12(13)14/h2-9,21H,1H3,(H,19,22)(H,25,26,27). The number of nitrogens with zero attached hydrogens (tertiary/aromatic N) is 1. The third-order valence-electron chi connectivity index (χ3n) is 4.18. The highest BCUT2D eigenvalue weighted by atomic mass is 32.2. The van der Waals surface area contributed by atoms with Gasteiger partial charge in [-0.25, -0.2) is 0 Å². The summed E-state index contributed by atoms with van der Waals surface area (Å²) in [6.45, 7) is 1.53. The second kappa shape index (κ2) is 6.91. The van der Waals surface area contributed by atoms with Crippen molar-refractivity contribution >= 4 is 38.2 Å². The molecule has 10 heteroatoms. The molecule has 0 aliphatic rings. The largest absolute Gasteiger partial charge is 0.506 e. The lowest BCUT2D eigenvalue weighted by atomic mass is 10.1. The van der Waals surface area contributed by atoms with Crippen LogP contribution in [0.3, 0.4) is 0 Å². The van der Waals surface area contributed by atoms with Gasteiger partial charge in [-0.3, -0.25) is 19.5 Å². The Hall–Kier alpha value is -3.50. The number of aryl methyl sites for hydroxylation is 1. The third kappa shape index (κ3) is 3.50. The van der Waals surface area contributed by atoms with Crippen LogP contribution in [0.2, 0.25) is 0 Å². The molecule has 0 bridgehead atoms. The molecule has 0 atom stereocenters. The number of nitro groups is 1. The molecule has 0 aromatic heterocycles. The van der Waals surface area contributed by atoms with Crippen LogP contribution in [0.25, 0.3) is 10.8 Å². The molecule has 3 aromatic carbocycles. The zero-order valence-corrected chi connectivity index (χ0v) is 15.2. The number of benzene rings is 3. The number of carbonyl (C=O) groups is 1. The first kappa shape index (κ1) is 19.3. The van der Waals surface area contributed by atoms with Crippen LogP contribution in [0.5, 0.6) is 5.75 Å². The van der Waals surface area contributed by atoms with Gasteiger partial charge in [0, 0.05) is 28.0 Å². The van der Waals surface area contributed by atoms with Crippen molar-refractivity contribution in [2.24, 2.45) is 0 Å². The average molecular weight is 402 g/mol. The van der Waals surface area contributed by atoms with Gasteiger partial charge in [-0.15, -0.1) is 0 Å². The van der Waals surface area contributed by atoms with Gasteiger partial charge in [-0.2, -0.15) is 8.42 Å². The van der Waals surface area contributed by atoms with Crippen molar-refractivity contribution in [3.8, 4) is 5.75 Å². The fourth-order valence-corrected chi connectivity index (χ4v) is 3.40. The van der Waals surface area contributed by atoms with Crippen LogP contribution in [0.1, 0.15) is 15.9 Å². The SMILES string of the molecule is Cc1ccc(C(=O)Nc2cc(S(=O)(=O)O)c(O)c3ccccc23)cc1[N+](=O)[O-]. The highest BCUT2D eigenvalue weighted by Gasteiger charge is 2.22. The Morgan fingerprint density at radius 1 is 1.11 bits per heavy atom. The van der Waals surface area contributed by atoms with E-state index in [0.717, 1.165) is 12.1 Å². The zero-order chi connectivity index (χ0) is 20.6. The molecule has 28 heavy (non-hydrogen) atoms. The van der Waals surface area contributed by atoms with Crippen LogP contribution in [-0.4, -0.2) is 28.9 Å². The number of amides is 1. The van der Waals surface area contributed by atoms with Crippen molar-refractivity contribution in [3.05, 3.63) is 69.8 Å². The van der Waals surface area contributed by atoms with Crippen LogP contribution in [0.4, 0.5) is 11.4 Å². The van der Waals surface area contributed by atoms with Gasteiger partial charge < -0.3 is 10.4 Å². The van der Waals surface area contributed by atoms with Crippen LogP contribution in [0.15, 0.2) is 53.4 Å². The summed E-state index contributed by atoms with van der Waals surface area (Å²) in [6.07, 6.45) is 0. The minimum Gasteiger partial charge on any atom is -0.506 e. The summed E-state index contributed by atoms with van der Waals surface area (Å²) in [7, 11) is -4.76. The van der Waals surface area contributed by atoms with E-state index in [1.807, 2.05) is 0 Å². The van der Waals surface area contributed by atoms with Gasteiger partial charge in [-0.05, 0) is 19.1 Å². The van der Waals surface area contributed by atoms with Crippen molar-refractivity contribution < 1.29 is 27.8 Å². The van der Waals surface area contributed by atoms with Crippen LogP contribution < -0.4 is 5.32 Å². The Bertz CT molecular complexity index is 1240. The molecule has 1 amide bonds. The first-order chi connectivity index (χ1) is 13.1. The maximum Gasteiger partial charge on any atom is 0.298 e. The van der Waals surface area contributed by atoms with Crippen molar-refractivity contribution in [2.45, 2.75) is 11.8 Å². The van der Waals surface area contributed by atoms with E-state index in [2.05, 4.69) is 5.32 Å². The monoisotopic (exact) mass is 402 g/mol. The summed E-state index contributed by atoms with van der Waals surface area (Å²) in [6, 6.07) is 11.0. The van der Waals surface area contributed by atoms with Gasteiger partial charge in [0.15, 0.2) is 0 Å². The van der Waals surface area contributed by atoms with Gasteiger partial charge in [0.05, 0.1) is 10.6 Å². The van der Waals surface area contributed by atoms with Gasteiger partial charge in [-0.1, -0.05) is 30.3 Å². The topological polar surface area (TPSA) is 147 Å². The first-order valence-electron chi connectivity index (χ1n) is 7.88. The number of fused-ring (bicyclic) bond motifs is 1. The van der Waals surface area contributed by atoms with E-state index in [4.69, 9.17) is 0 Å². The molecule has 144 valence electrons. The molecule has 3 N–H and O–H groups in total. The smallest absolute Gasteiger partial charge is 0.298 e. The van der Waals surface area contributed by atoms with Gasteiger partial charge in [0.1, 0.15) is 10.6 Å². The summed E-state index contributed by atoms with van der Waals surface area (Å²) >= 11 is 0. The van der Waals surface area contributed by atoms with Crippen LogP contribution >= 0.6 is 0 Å². The minimum atomic E-state index is -4.76. The number of phenols is 1. The molecule has 9 nitrogen and oxygen atoms in total. The predicted molar refractivity (Wildman–Crippen MR) is 101 cm³/mol. The first-order valence-corrected chi connectivity index (χ1v) is 9.32. The highest BCUT2D eigenvalue weighted by molar-refractivity contribution is 7.86. The third-order valence-corrected chi connectivity index (χ3v) is 5.04. The zero-order valence-electron chi connectivity index (χ0n) is 14.4. The molecule has 0 saturated heterocycles. The van der Waals surface area contributed by atoms with E-state index in [1.165, 1.54) is 31.2 Å². The molecule has 3 rings (SSSR count). The van der Waals surface area contributed by atoms with Gasteiger partial charge >= 0.3 is 0 Å². The Balaban J connectivity index is 2.12. The number of rotatable bonds is 4. The number of carbonyl (C=O) groups excluding carboxylic acids is 1. The number of anilines is 1. The van der Waals surface area contributed by atoms with E-state index in [1.54, 1.807) is 12.1 Å².